The van der Waals surface area contributed by atoms with Crippen LogP contribution in [-0.4, -0.2) is 23.0 Å². The van der Waals surface area contributed by atoms with E-state index in [0.29, 0.717) is 12.5 Å². The summed E-state index contributed by atoms with van der Waals surface area (Å²) in [5.74, 6) is 1.39. The minimum Gasteiger partial charge on any atom is -0.361 e. The van der Waals surface area contributed by atoms with Crippen LogP contribution >= 0.6 is 0 Å². The van der Waals surface area contributed by atoms with Crippen molar-refractivity contribution in [2.45, 2.75) is 41.2 Å². The number of rotatable bonds is 4. The molecule has 2 rings (SSSR count). The first-order chi connectivity index (χ1) is 9.23. The van der Waals surface area contributed by atoms with Crippen LogP contribution in [0, 0.1) is 24.2 Å². The number of allylic oxidation sites excluding steroid dienone is 2. The molecular weight excluding hydrogens is 252 g/mol. The average Bonchev–Trinajstić information content (AvgIpc) is 2.68. The van der Waals surface area contributed by atoms with Gasteiger partial charge in [-0.1, -0.05) is 30.7 Å². The van der Waals surface area contributed by atoms with E-state index in [1.54, 1.807) is 4.90 Å². The summed E-state index contributed by atoms with van der Waals surface area (Å²) >= 11 is 0. The maximum absolute atomic E-state index is 12.6. The first kappa shape index (κ1) is 14.8. The summed E-state index contributed by atoms with van der Waals surface area (Å²) in [4.78, 5) is 14.3. The lowest BCUT2D eigenvalue weighted by Crippen LogP contribution is -2.29. The maximum atomic E-state index is 12.6. The first-order valence-corrected chi connectivity index (χ1v) is 7.05. The van der Waals surface area contributed by atoms with Crippen LogP contribution in [-0.2, 0) is 11.3 Å². The molecule has 0 bridgehead atoms. The second-order valence-corrected chi connectivity index (χ2v) is 6.69. The molecule has 1 fully saturated rings. The Balaban J connectivity index is 2.03. The van der Waals surface area contributed by atoms with E-state index >= 15 is 0 Å². The lowest BCUT2D eigenvalue weighted by Gasteiger charge is -2.16. The van der Waals surface area contributed by atoms with Gasteiger partial charge < -0.3 is 9.42 Å². The van der Waals surface area contributed by atoms with Gasteiger partial charge in [0.15, 0.2) is 0 Å². The normalized spacial score (nSPS) is 23.3. The molecule has 4 nitrogen and oxygen atoms in total. The Morgan fingerprint density at radius 3 is 2.65 bits per heavy atom. The molecule has 0 aliphatic heterocycles. The molecule has 0 radical (unpaired) electrons. The molecule has 1 aliphatic rings. The van der Waals surface area contributed by atoms with E-state index in [-0.39, 0.29) is 17.2 Å². The van der Waals surface area contributed by atoms with E-state index in [1.807, 2.05) is 20.0 Å². The van der Waals surface area contributed by atoms with Crippen LogP contribution in [0.1, 0.15) is 39.1 Å². The largest absolute Gasteiger partial charge is 0.361 e. The first-order valence-electron chi connectivity index (χ1n) is 7.05. The molecule has 0 aromatic carbocycles. The molecule has 1 heterocycles. The molecule has 1 aliphatic carbocycles. The van der Waals surface area contributed by atoms with Crippen LogP contribution in [0.15, 0.2) is 22.2 Å². The monoisotopic (exact) mass is 276 g/mol. The molecule has 0 saturated heterocycles. The Hall–Kier alpha value is -1.58. The highest BCUT2D eigenvalue weighted by Gasteiger charge is 2.60. The maximum Gasteiger partial charge on any atom is 0.226 e. The Morgan fingerprint density at radius 1 is 1.50 bits per heavy atom. The fourth-order valence-corrected chi connectivity index (χ4v) is 2.87. The Bertz CT molecular complexity index is 538. The smallest absolute Gasteiger partial charge is 0.226 e. The summed E-state index contributed by atoms with van der Waals surface area (Å²) in [6.45, 7) is 10.8. The fraction of sp³-hybridized carbons (Fsp3) is 0.625. The van der Waals surface area contributed by atoms with Gasteiger partial charge >= 0.3 is 0 Å². The average molecular weight is 276 g/mol. The van der Waals surface area contributed by atoms with Crippen molar-refractivity contribution in [2.75, 3.05) is 7.05 Å². The third kappa shape index (κ3) is 2.79. The van der Waals surface area contributed by atoms with Gasteiger partial charge in [-0.3, -0.25) is 4.79 Å². The molecule has 2 unspecified atom stereocenters. The van der Waals surface area contributed by atoms with E-state index in [1.165, 1.54) is 5.57 Å². The van der Waals surface area contributed by atoms with Crippen LogP contribution in [0.4, 0.5) is 0 Å². The number of hydrogen-bond donors (Lipinski definition) is 0. The molecule has 110 valence electrons. The number of hydrogen-bond acceptors (Lipinski definition) is 3. The minimum atomic E-state index is 0.0579. The molecule has 4 heteroatoms. The van der Waals surface area contributed by atoms with Crippen molar-refractivity contribution in [3.63, 3.8) is 0 Å². The zero-order chi connectivity index (χ0) is 15.1. The van der Waals surface area contributed by atoms with Crippen LogP contribution < -0.4 is 0 Å². The van der Waals surface area contributed by atoms with Gasteiger partial charge in [-0.2, -0.15) is 0 Å². The van der Waals surface area contributed by atoms with Gasteiger partial charge in [0.05, 0.1) is 12.5 Å². The Morgan fingerprint density at radius 2 is 2.15 bits per heavy atom. The molecule has 0 N–H and O–H groups in total. The molecule has 0 spiro atoms. The van der Waals surface area contributed by atoms with Gasteiger partial charge in [-0.15, -0.1) is 0 Å². The fourth-order valence-electron chi connectivity index (χ4n) is 2.87. The van der Waals surface area contributed by atoms with Gasteiger partial charge in [0.1, 0.15) is 11.5 Å². The van der Waals surface area contributed by atoms with Crippen molar-refractivity contribution in [3.8, 4) is 0 Å². The van der Waals surface area contributed by atoms with Crippen molar-refractivity contribution >= 4 is 5.91 Å². The Kier molecular flexibility index (Phi) is 3.76. The van der Waals surface area contributed by atoms with Crippen molar-refractivity contribution < 1.29 is 9.32 Å². The summed E-state index contributed by atoms with van der Waals surface area (Å²) in [6, 6.07) is 1.87. The van der Waals surface area contributed by atoms with Crippen molar-refractivity contribution in [1.82, 2.24) is 10.1 Å². The van der Waals surface area contributed by atoms with Gasteiger partial charge in [0, 0.05) is 13.1 Å². The number of carbonyl (C=O) groups excluding carboxylic acids is 1. The highest BCUT2D eigenvalue weighted by molar-refractivity contribution is 5.83. The number of aryl methyl sites for hydroxylation is 1. The van der Waals surface area contributed by atoms with E-state index < -0.39 is 0 Å². The molecule has 1 saturated carbocycles. The van der Waals surface area contributed by atoms with Gasteiger partial charge in [-0.25, -0.2) is 0 Å². The van der Waals surface area contributed by atoms with Gasteiger partial charge in [-0.05, 0) is 32.1 Å². The summed E-state index contributed by atoms with van der Waals surface area (Å²) < 4.78 is 5.04. The molecule has 1 aromatic rings. The predicted octanol–water partition coefficient (Wildman–Crippen LogP) is 3.18. The number of aromatic nitrogens is 1. The van der Waals surface area contributed by atoms with Gasteiger partial charge in [0.25, 0.3) is 0 Å². The molecule has 20 heavy (non-hydrogen) atoms. The van der Waals surface area contributed by atoms with E-state index in [9.17, 15) is 4.79 Å². The SMILES string of the molecule is CC(C)=CC1C(C(=O)N(C)Cc2cc(C)on2)C1(C)C. The zero-order valence-corrected chi connectivity index (χ0v) is 13.2. The van der Waals surface area contributed by atoms with E-state index in [4.69, 9.17) is 4.52 Å². The van der Waals surface area contributed by atoms with E-state index in [2.05, 4.69) is 38.9 Å². The molecular formula is C16H24N2O2. The van der Waals surface area contributed by atoms with Gasteiger partial charge in [0.2, 0.25) is 5.91 Å². The summed E-state index contributed by atoms with van der Waals surface area (Å²) in [5, 5.41) is 3.94. The topological polar surface area (TPSA) is 46.3 Å². The summed E-state index contributed by atoms with van der Waals surface area (Å²) in [5.41, 5.74) is 2.13. The molecule has 1 amide bonds. The standard InChI is InChI=1S/C16H24N2O2/c1-10(2)7-13-14(16(13,4)5)15(19)18(6)9-12-8-11(3)20-17-12/h7-8,13-14H,9H2,1-6H3. The summed E-state index contributed by atoms with van der Waals surface area (Å²) in [6.07, 6.45) is 2.22. The van der Waals surface area contributed by atoms with Crippen LogP contribution in [0.25, 0.3) is 0 Å². The van der Waals surface area contributed by atoms with Crippen LogP contribution in [0.2, 0.25) is 0 Å². The predicted molar refractivity (Wildman–Crippen MR) is 77.9 cm³/mol. The van der Waals surface area contributed by atoms with Crippen LogP contribution in [0.5, 0.6) is 0 Å². The lowest BCUT2D eigenvalue weighted by atomic mass is 10.1. The highest BCUT2D eigenvalue weighted by Crippen LogP contribution is 2.60. The summed E-state index contributed by atoms with van der Waals surface area (Å²) in [7, 11) is 1.83. The third-order valence-electron chi connectivity index (χ3n) is 4.14. The highest BCUT2D eigenvalue weighted by atomic mass is 16.5. The van der Waals surface area contributed by atoms with Crippen LogP contribution in [0.3, 0.4) is 0 Å². The minimum absolute atomic E-state index is 0.0579. The Labute approximate surface area is 120 Å². The second kappa shape index (κ2) is 5.08. The second-order valence-electron chi connectivity index (χ2n) is 6.69. The lowest BCUT2D eigenvalue weighted by molar-refractivity contribution is -0.132. The van der Waals surface area contributed by atoms with Crippen molar-refractivity contribution in [3.05, 3.63) is 29.2 Å². The quantitative estimate of drug-likeness (QED) is 0.793. The zero-order valence-electron chi connectivity index (χ0n) is 13.2. The van der Waals surface area contributed by atoms with E-state index in [0.717, 1.165) is 11.5 Å². The molecule has 1 aromatic heterocycles. The van der Waals surface area contributed by atoms with Crippen molar-refractivity contribution in [1.29, 1.82) is 0 Å². The number of carbonyl (C=O) groups is 1. The number of amides is 1. The molecule has 2 atom stereocenters. The number of nitrogens with zero attached hydrogens (tertiary/aromatic N) is 2. The van der Waals surface area contributed by atoms with Crippen molar-refractivity contribution in [2.24, 2.45) is 17.3 Å². The third-order valence-corrected chi connectivity index (χ3v) is 4.14.